The normalized spacial score (nSPS) is 10.6. The number of nitrogens with one attached hydrogen (secondary N) is 2. The van der Waals surface area contributed by atoms with Crippen molar-refractivity contribution in [2.45, 2.75) is 25.0 Å². The second kappa shape index (κ2) is 11.3. The van der Waals surface area contributed by atoms with Crippen LogP contribution in [0.3, 0.4) is 0 Å². The van der Waals surface area contributed by atoms with E-state index in [1.807, 2.05) is 11.5 Å². The van der Waals surface area contributed by atoms with E-state index in [1.54, 1.807) is 37.4 Å². The molecule has 0 unspecified atom stereocenters. The molecule has 0 radical (unpaired) electrons. The van der Waals surface area contributed by atoms with Crippen molar-refractivity contribution in [3.05, 3.63) is 65.7 Å². The van der Waals surface area contributed by atoms with Gasteiger partial charge in [-0.1, -0.05) is 30.0 Å². The Balaban J connectivity index is 1.52. The van der Waals surface area contributed by atoms with Gasteiger partial charge in [0.05, 0.1) is 18.4 Å². The lowest BCUT2D eigenvalue weighted by Gasteiger charge is -2.09. The van der Waals surface area contributed by atoms with Gasteiger partial charge < -0.3 is 19.9 Å². The zero-order valence-corrected chi connectivity index (χ0v) is 18.6. The molecule has 3 rings (SSSR count). The highest BCUT2D eigenvalue weighted by Crippen LogP contribution is 2.20. The maximum Gasteiger partial charge on any atom is 0.254 e. The third kappa shape index (κ3) is 6.07. The lowest BCUT2D eigenvalue weighted by Crippen LogP contribution is -2.27. The maximum atomic E-state index is 13.7. The molecule has 8 nitrogen and oxygen atoms in total. The van der Waals surface area contributed by atoms with Crippen molar-refractivity contribution >= 4 is 29.3 Å². The van der Waals surface area contributed by atoms with Gasteiger partial charge in [-0.2, -0.15) is 0 Å². The van der Waals surface area contributed by atoms with Gasteiger partial charge in [0.2, 0.25) is 5.91 Å². The highest BCUT2D eigenvalue weighted by molar-refractivity contribution is 7.99. The molecule has 2 aromatic carbocycles. The molecule has 0 saturated carbocycles. The van der Waals surface area contributed by atoms with E-state index < -0.39 is 11.7 Å². The van der Waals surface area contributed by atoms with Gasteiger partial charge in [0, 0.05) is 31.3 Å². The zero-order chi connectivity index (χ0) is 22.9. The first-order valence-corrected chi connectivity index (χ1v) is 11.0. The molecule has 1 heterocycles. The molecule has 0 bridgehead atoms. The molecule has 1 aromatic heterocycles. The molecule has 0 saturated heterocycles. The van der Waals surface area contributed by atoms with Crippen LogP contribution in [0.25, 0.3) is 0 Å². The van der Waals surface area contributed by atoms with Crippen molar-refractivity contribution < 1.29 is 18.7 Å². The highest BCUT2D eigenvalue weighted by Gasteiger charge is 2.15. The fourth-order valence-corrected chi connectivity index (χ4v) is 3.81. The minimum atomic E-state index is -0.562. The number of amides is 2. The molecular weight excluding hydrogens is 433 g/mol. The zero-order valence-electron chi connectivity index (χ0n) is 17.8. The van der Waals surface area contributed by atoms with Crippen LogP contribution in [0.4, 0.5) is 10.1 Å². The van der Waals surface area contributed by atoms with Crippen molar-refractivity contribution in [3.8, 4) is 5.75 Å². The maximum absolute atomic E-state index is 13.7. The van der Waals surface area contributed by atoms with Crippen molar-refractivity contribution in [2.75, 3.05) is 24.7 Å². The first-order valence-electron chi connectivity index (χ1n) is 10.0. The second-order valence-corrected chi connectivity index (χ2v) is 7.64. The second-order valence-electron chi connectivity index (χ2n) is 6.70. The van der Waals surface area contributed by atoms with Gasteiger partial charge in [0.15, 0.2) is 5.16 Å². The Hall–Kier alpha value is -3.40. The van der Waals surface area contributed by atoms with Crippen molar-refractivity contribution in [1.29, 1.82) is 0 Å². The Morgan fingerprint density at radius 1 is 1.16 bits per heavy atom. The molecule has 0 aliphatic carbocycles. The van der Waals surface area contributed by atoms with Crippen LogP contribution in [0.15, 0.2) is 53.7 Å². The number of ether oxygens (including phenoxy) is 1. The van der Waals surface area contributed by atoms with Crippen LogP contribution in [0.1, 0.15) is 23.1 Å². The summed E-state index contributed by atoms with van der Waals surface area (Å²) in [6.45, 7) is 2.85. The molecule has 0 fully saturated rings. The number of hydrogen-bond donors (Lipinski definition) is 2. The largest absolute Gasteiger partial charge is 0.497 e. The summed E-state index contributed by atoms with van der Waals surface area (Å²) in [7, 11) is 1.57. The number of nitrogens with zero attached hydrogens (tertiary/aromatic N) is 3. The fraction of sp³-hybridized carbons (Fsp3) is 0.273. The minimum Gasteiger partial charge on any atom is -0.497 e. The number of rotatable bonds is 10. The van der Waals surface area contributed by atoms with Gasteiger partial charge in [-0.25, -0.2) is 4.39 Å². The van der Waals surface area contributed by atoms with E-state index in [0.717, 1.165) is 0 Å². The molecular formula is C22H24FN5O3S. The Morgan fingerprint density at radius 2 is 1.97 bits per heavy atom. The monoisotopic (exact) mass is 457 g/mol. The van der Waals surface area contributed by atoms with Gasteiger partial charge in [0.25, 0.3) is 5.91 Å². The Morgan fingerprint density at radius 3 is 2.72 bits per heavy atom. The third-order valence-electron chi connectivity index (χ3n) is 4.55. The van der Waals surface area contributed by atoms with E-state index in [2.05, 4.69) is 20.8 Å². The van der Waals surface area contributed by atoms with Gasteiger partial charge in [-0.15, -0.1) is 10.2 Å². The number of methoxy groups -OCH3 is 1. The summed E-state index contributed by atoms with van der Waals surface area (Å²) >= 11 is 1.28. The summed E-state index contributed by atoms with van der Waals surface area (Å²) in [5, 5.41) is 14.5. The van der Waals surface area contributed by atoms with Crippen molar-refractivity contribution in [1.82, 2.24) is 20.1 Å². The topological polar surface area (TPSA) is 98.1 Å². The van der Waals surface area contributed by atoms with E-state index in [1.165, 1.54) is 30.0 Å². The number of carbonyl (C=O) groups excluding carboxylic acids is 2. The van der Waals surface area contributed by atoms with Crippen LogP contribution in [0.2, 0.25) is 0 Å². The van der Waals surface area contributed by atoms with Gasteiger partial charge in [-0.3, -0.25) is 9.59 Å². The summed E-state index contributed by atoms with van der Waals surface area (Å²) in [5.74, 6) is 0.291. The first-order chi connectivity index (χ1) is 15.5. The Bertz CT molecular complexity index is 1090. The summed E-state index contributed by atoms with van der Waals surface area (Å²) in [6.07, 6.45) is 0.428. The molecule has 0 atom stereocenters. The van der Waals surface area contributed by atoms with Crippen LogP contribution in [0.5, 0.6) is 5.75 Å². The van der Waals surface area contributed by atoms with Crippen LogP contribution in [-0.2, 0) is 17.8 Å². The number of hydrogen-bond acceptors (Lipinski definition) is 6. The van der Waals surface area contributed by atoms with E-state index in [4.69, 9.17) is 4.74 Å². The van der Waals surface area contributed by atoms with E-state index in [-0.39, 0.29) is 23.8 Å². The molecule has 0 spiro atoms. The number of halogens is 1. The summed E-state index contributed by atoms with van der Waals surface area (Å²) in [4.78, 5) is 24.4. The Labute approximate surface area is 189 Å². The summed E-state index contributed by atoms with van der Waals surface area (Å²) < 4.78 is 20.8. The van der Waals surface area contributed by atoms with Gasteiger partial charge in [0.1, 0.15) is 17.4 Å². The van der Waals surface area contributed by atoms with Gasteiger partial charge in [-0.05, 0) is 31.2 Å². The number of benzene rings is 2. The molecule has 0 aliphatic heterocycles. The molecule has 3 aromatic rings. The molecule has 2 amide bonds. The summed E-state index contributed by atoms with van der Waals surface area (Å²) in [6, 6.07) is 13.0. The molecule has 10 heteroatoms. The van der Waals surface area contributed by atoms with Crippen LogP contribution >= 0.6 is 11.8 Å². The average Bonchev–Trinajstić information content (AvgIpc) is 3.19. The number of aromatic nitrogens is 3. The third-order valence-corrected chi connectivity index (χ3v) is 5.51. The quantitative estimate of drug-likeness (QED) is 0.454. The lowest BCUT2D eigenvalue weighted by molar-refractivity contribution is -0.113. The fourth-order valence-electron chi connectivity index (χ4n) is 2.98. The number of carbonyl (C=O) groups is 2. The summed E-state index contributed by atoms with van der Waals surface area (Å²) in [5.41, 5.74) is 0.654. The van der Waals surface area contributed by atoms with Gasteiger partial charge >= 0.3 is 0 Å². The van der Waals surface area contributed by atoms with Crippen LogP contribution in [0, 0.1) is 5.82 Å². The van der Waals surface area contributed by atoms with Crippen molar-refractivity contribution in [3.63, 3.8) is 0 Å². The standard InChI is InChI=1S/C22H24FN5O3S/c1-3-28-19(11-12-24-21(30)17-9-4-5-10-18(17)23)26-27-22(28)32-14-20(29)25-15-7-6-8-16(13-15)31-2/h4-10,13H,3,11-12,14H2,1-2H3,(H,24,30)(H,25,29). The molecule has 2 N–H and O–H groups in total. The Kier molecular flexibility index (Phi) is 8.20. The number of anilines is 1. The van der Waals surface area contributed by atoms with Crippen LogP contribution in [-0.4, -0.2) is 46.0 Å². The van der Waals surface area contributed by atoms with E-state index in [0.29, 0.717) is 35.4 Å². The molecule has 0 aliphatic rings. The number of thioether (sulfide) groups is 1. The average molecular weight is 458 g/mol. The van der Waals surface area contributed by atoms with Crippen LogP contribution < -0.4 is 15.4 Å². The van der Waals surface area contributed by atoms with Crippen molar-refractivity contribution in [2.24, 2.45) is 0 Å². The predicted molar refractivity (Wildman–Crippen MR) is 120 cm³/mol. The minimum absolute atomic E-state index is 0.00255. The predicted octanol–water partition coefficient (Wildman–Crippen LogP) is 3.15. The molecule has 32 heavy (non-hydrogen) atoms. The highest BCUT2D eigenvalue weighted by atomic mass is 32.2. The molecule has 168 valence electrons. The van der Waals surface area contributed by atoms with E-state index >= 15 is 0 Å². The lowest BCUT2D eigenvalue weighted by atomic mass is 10.2. The smallest absolute Gasteiger partial charge is 0.254 e. The SMILES string of the molecule is CCn1c(CCNC(=O)c2ccccc2F)nnc1SCC(=O)Nc1cccc(OC)c1. The first kappa shape index (κ1) is 23.3. The van der Waals surface area contributed by atoms with E-state index in [9.17, 15) is 14.0 Å².